The summed E-state index contributed by atoms with van der Waals surface area (Å²) >= 11 is 0. The molecule has 0 N–H and O–H groups in total. The predicted molar refractivity (Wildman–Crippen MR) is 111 cm³/mol. The SMILES string of the molecule is O=C(Cc1ccc(-c2ccccc2)cc1)N1CCN(CCn2ccnc2)CC1. The molecular formula is C23H26N4O. The molecule has 0 atom stereocenters. The quantitative estimate of drug-likeness (QED) is 0.666. The van der Waals surface area contributed by atoms with E-state index in [2.05, 4.69) is 50.8 Å². The van der Waals surface area contributed by atoms with Crippen LogP contribution in [0.3, 0.4) is 0 Å². The van der Waals surface area contributed by atoms with Crippen molar-refractivity contribution in [1.82, 2.24) is 19.4 Å². The van der Waals surface area contributed by atoms with E-state index >= 15 is 0 Å². The van der Waals surface area contributed by atoms with Crippen LogP contribution in [0, 0.1) is 0 Å². The van der Waals surface area contributed by atoms with E-state index in [1.165, 1.54) is 11.1 Å². The summed E-state index contributed by atoms with van der Waals surface area (Å²) in [6.07, 6.45) is 6.12. The molecule has 5 nitrogen and oxygen atoms in total. The summed E-state index contributed by atoms with van der Waals surface area (Å²) in [5, 5.41) is 0. The highest BCUT2D eigenvalue weighted by Gasteiger charge is 2.20. The summed E-state index contributed by atoms with van der Waals surface area (Å²) in [5.41, 5.74) is 3.46. The van der Waals surface area contributed by atoms with Crippen molar-refractivity contribution in [3.63, 3.8) is 0 Å². The number of carbonyl (C=O) groups is 1. The van der Waals surface area contributed by atoms with Crippen LogP contribution < -0.4 is 0 Å². The van der Waals surface area contributed by atoms with E-state index in [-0.39, 0.29) is 5.91 Å². The minimum absolute atomic E-state index is 0.224. The van der Waals surface area contributed by atoms with Gasteiger partial charge in [-0.3, -0.25) is 9.69 Å². The second-order valence-electron chi connectivity index (χ2n) is 7.26. The molecule has 1 aliphatic heterocycles. The summed E-state index contributed by atoms with van der Waals surface area (Å²) < 4.78 is 2.09. The van der Waals surface area contributed by atoms with E-state index in [1.807, 2.05) is 41.8 Å². The maximum Gasteiger partial charge on any atom is 0.227 e. The largest absolute Gasteiger partial charge is 0.340 e. The fraction of sp³-hybridized carbons (Fsp3) is 0.304. The number of amides is 1. The summed E-state index contributed by atoms with van der Waals surface area (Å²) in [4.78, 5) is 21.2. The van der Waals surface area contributed by atoms with Gasteiger partial charge in [-0.05, 0) is 16.7 Å². The normalized spacial score (nSPS) is 14.9. The fourth-order valence-electron chi connectivity index (χ4n) is 3.63. The first-order valence-electron chi connectivity index (χ1n) is 9.88. The topological polar surface area (TPSA) is 41.4 Å². The van der Waals surface area contributed by atoms with Gasteiger partial charge in [-0.2, -0.15) is 0 Å². The minimum atomic E-state index is 0.224. The van der Waals surface area contributed by atoms with Crippen LogP contribution in [0.4, 0.5) is 0 Å². The van der Waals surface area contributed by atoms with E-state index in [4.69, 9.17) is 0 Å². The van der Waals surface area contributed by atoms with Crippen LogP contribution >= 0.6 is 0 Å². The van der Waals surface area contributed by atoms with Gasteiger partial charge in [-0.15, -0.1) is 0 Å². The first-order valence-corrected chi connectivity index (χ1v) is 9.88. The molecule has 144 valence electrons. The van der Waals surface area contributed by atoms with Gasteiger partial charge < -0.3 is 9.47 Å². The zero-order valence-corrected chi connectivity index (χ0v) is 16.1. The standard InChI is InChI=1S/C23H26N4O/c28-23(18-20-6-8-22(9-7-20)21-4-2-1-3-5-21)27-16-14-25(15-17-27)12-13-26-11-10-24-19-26/h1-11,19H,12-18H2. The number of benzene rings is 2. The van der Waals surface area contributed by atoms with Crippen LogP contribution in [0.2, 0.25) is 0 Å². The second-order valence-corrected chi connectivity index (χ2v) is 7.26. The van der Waals surface area contributed by atoms with Gasteiger partial charge in [0.2, 0.25) is 5.91 Å². The third kappa shape index (κ3) is 4.67. The summed E-state index contributed by atoms with van der Waals surface area (Å²) in [7, 11) is 0. The minimum Gasteiger partial charge on any atom is -0.340 e. The van der Waals surface area contributed by atoms with Gasteiger partial charge in [0.25, 0.3) is 0 Å². The lowest BCUT2D eigenvalue weighted by Crippen LogP contribution is -2.49. The van der Waals surface area contributed by atoms with Crippen LogP contribution in [0.15, 0.2) is 73.3 Å². The first-order chi connectivity index (χ1) is 13.8. The first kappa shape index (κ1) is 18.4. The van der Waals surface area contributed by atoms with Crippen LogP contribution in [0.5, 0.6) is 0 Å². The molecule has 1 amide bonds. The Hall–Kier alpha value is -2.92. The summed E-state index contributed by atoms with van der Waals surface area (Å²) in [5.74, 6) is 0.224. The number of rotatable bonds is 6. The van der Waals surface area contributed by atoms with Crippen molar-refractivity contribution in [1.29, 1.82) is 0 Å². The van der Waals surface area contributed by atoms with Gasteiger partial charge in [0.05, 0.1) is 12.7 Å². The predicted octanol–water partition coefficient (Wildman–Crippen LogP) is 2.94. The molecule has 1 fully saturated rings. The van der Waals surface area contributed by atoms with Crippen LogP contribution in [0.25, 0.3) is 11.1 Å². The zero-order chi connectivity index (χ0) is 19.2. The number of nitrogens with zero attached hydrogens (tertiary/aromatic N) is 4. The molecule has 2 aromatic carbocycles. The van der Waals surface area contributed by atoms with Crippen molar-refractivity contribution in [2.45, 2.75) is 13.0 Å². The highest BCUT2D eigenvalue weighted by Crippen LogP contribution is 2.19. The molecule has 0 saturated carbocycles. The van der Waals surface area contributed by atoms with Crippen LogP contribution in [0.1, 0.15) is 5.56 Å². The Bertz CT molecular complexity index is 867. The highest BCUT2D eigenvalue weighted by molar-refractivity contribution is 5.79. The molecule has 1 saturated heterocycles. The van der Waals surface area contributed by atoms with E-state index < -0.39 is 0 Å². The molecular weight excluding hydrogens is 348 g/mol. The van der Waals surface area contributed by atoms with Gasteiger partial charge in [-0.25, -0.2) is 4.98 Å². The van der Waals surface area contributed by atoms with Gasteiger partial charge >= 0.3 is 0 Å². The van der Waals surface area contributed by atoms with Gasteiger partial charge in [0, 0.05) is 51.7 Å². The fourth-order valence-corrected chi connectivity index (χ4v) is 3.63. The molecule has 2 heterocycles. The third-order valence-corrected chi connectivity index (χ3v) is 5.38. The summed E-state index contributed by atoms with van der Waals surface area (Å²) in [6, 6.07) is 18.7. The van der Waals surface area contributed by atoms with Crippen molar-refractivity contribution < 1.29 is 4.79 Å². The van der Waals surface area contributed by atoms with Crippen molar-refractivity contribution in [3.05, 3.63) is 78.9 Å². The average Bonchev–Trinajstić information content (AvgIpc) is 3.27. The lowest BCUT2D eigenvalue weighted by Gasteiger charge is -2.34. The molecule has 3 aromatic rings. The van der Waals surface area contributed by atoms with E-state index in [1.54, 1.807) is 0 Å². The third-order valence-electron chi connectivity index (χ3n) is 5.38. The van der Waals surface area contributed by atoms with Gasteiger partial charge in [-0.1, -0.05) is 54.6 Å². The molecule has 0 aliphatic carbocycles. The number of piperazine rings is 1. The number of hydrogen-bond donors (Lipinski definition) is 0. The molecule has 0 spiro atoms. The van der Waals surface area contributed by atoms with Crippen molar-refractivity contribution in [2.24, 2.45) is 0 Å². The van der Waals surface area contributed by atoms with E-state index in [9.17, 15) is 4.79 Å². The second kappa shape index (κ2) is 8.85. The Kier molecular flexibility index (Phi) is 5.83. The molecule has 1 aliphatic rings. The molecule has 28 heavy (non-hydrogen) atoms. The Morgan fingerprint density at radius 2 is 1.57 bits per heavy atom. The monoisotopic (exact) mass is 374 g/mol. The molecule has 0 radical (unpaired) electrons. The number of aromatic nitrogens is 2. The molecule has 0 unspecified atom stereocenters. The lowest BCUT2D eigenvalue weighted by molar-refractivity contribution is -0.132. The molecule has 4 rings (SSSR count). The number of imidazole rings is 1. The van der Waals surface area contributed by atoms with Gasteiger partial charge in [0.15, 0.2) is 0 Å². The highest BCUT2D eigenvalue weighted by atomic mass is 16.2. The Morgan fingerprint density at radius 3 is 2.25 bits per heavy atom. The van der Waals surface area contributed by atoms with Crippen molar-refractivity contribution in [3.8, 4) is 11.1 Å². The van der Waals surface area contributed by atoms with Crippen LogP contribution in [-0.2, 0) is 17.8 Å². The smallest absolute Gasteiger partial charge is 0.227 e. The Morgan fingerprint density at radius 1 is 0.857 bits per heavy atom. The molecule has 1 aromatic heterocycles. The molecule has 0 bridgehead atoms. The lowest BCUT2D eigenvalue weighted by atomic mass is 10.0. The van der Waals surface area contributed by atoms with Gasteiger partial charge in [0.1, 0.15) is 0 Å². The maximum absolute atomic E-state index is 12.7. The van der Waals surface area contributed by atoms with Crippen molar-refractivity contribution in [2.75, 3.05) is 32.7 Å². The van der Waals surface area contributed by atoms with Crippen molar-refractivity contribution >= 4 is 5.91 Å². The van der Waals surface area contributed by atoms with Crippen LogP contribution in [-0.4, -0.2) is 58.0 Å². The van der Waals surface area contributed by atoms with E-state index in [0.717, 1.165) is 44.8 Å². The Labute approximate surface area is 166 Å². The number of carbonyl (C=O) groups excluding carboxylic acids is 1. The average molecular weight is 374 g/mol. The maximum atomic E-state index is 12.7. The van der Waals surface area contributed by atoms with E-state index in [0.29, 0.717) is 6.42 Å². The number of hydrogen-bond acceptors (Lipinski definition) is 3. The summed E-state index contributed by atoms with van der Waals surface area (Å²) in [6.45, 7) is 5.44. The molecule has 5 heteroatoms. The Balaban J connectivity index is 1.25. The zero-order valence-electron chi connectivity index (χ0n) is 16.1.